The third-order valence-corrected chi connectivity index (χ3v) is 5.29. The van der Waals surface area contributed by atoms with Gasteiger partial charge < -0.3 is 19.5 Å². The van der Waals surface area contributed by atoms with Crippen LogP contribution in [-0.2, 0) is 11.8 Å². The molecule has 116 valence electrons. The van der Waals surface area contributed by atoms with Gasteiger partial charge in [-0.2, -0.15) is 0 Å². The Balaban J connectivity index is 1.87. The molecule has 2 heterocycles. The van der Waals surface area contributed by atoms with Crippen LogP contribution in [0.3, 0.4) is 0 Å². The van der Waals surface area contributed by atoms with Crippen molar-refractivity contribution in [1.29, 1.82) is 1.43 Å². The van der Waals surface area contributed by atoms with Gasteiger partial charge in [0.2, 0.25) is 1.43 Å². The Morgan fingerprint density at radius 2 is 2.59 bits per heavy atom. The van der Waals surface area contributed by atoms with Gasteiger partial charge in [0.25, 0.3) is 0 Å². The van der Waals surface area contributed by atoms with Gasteiger partial charge in [-0.05, 0) is 38.0 Å². The van der Waals surface area contributed by atoms with Crippen LogP contribution in [0.15, 0.2) is 24.2 Å². The van der Waals surface area contributed by atoms with E-state index in [1.807, 2.05) is 0 Å². The molecule has 4 aliphatic rings. The van der Waals surface area contributed by atoms with Crippen LogP contribution in [0, 0.1) is 5.89 Å². The second-order valence-electron chi connectivity index (χ2n) is 6.13. The van der Waals surface area contributed by atoms with Crippen molar-refractivity contribution in [3.8, 4) is 11.5 Å². The highest BCUT2D eigenvalue weighted by atomic mass is 16.5. The van der Waals surface area contributed by atoms with Crippen molar-refractivity contribution in [1.82, 2.24) is 4.90 Å². The lowest BCUT2D eigenvalue weighted by Crippen LogP contribution is -2.64. The fourth-order valence-electron chi connectivity index (χ4n) is 4.42. The molecular weight excluding hydrogens is 278 g/mol. The average molecular weight is 310 g/mol. The molecule has 0 amide bonds. The molecule has 4 heteroatoms. The van der Waals surface area contributed by atoms with Crippen molar-refractivity contribution in [2.75, 3.05) is 20.6 Å². The summed E-state index contributed by atoms with van der Waals surface area (Å²) < 4.78 is 101. The summed E-state index contributed by atoms with van der Waals surface area (Å²) in [6.07, 6.45) is -0.811. The van der Waals surface area contributed by atoms with E-state index in [9.17, 15) is 2.74 Å². The molecule has 1 N–H and O–H groups in total. The van der Waals surface area contributed by atoms with E-state index in [0.717, 1.165) is 0 Å². The van der Waals surface area contributed by atoms with Crippen LogP contribution in [0.2, 0.25) is 0 Å². The maximum atomic E-state index is 9.50. The molecule has 2 unspecified atom stereocenters. The van der Waals surface area contributed by atoms with E-state index in [-0.39, 0.29) is 42.3 Å². The first-order chi connectivity index (χ1) is 15.1. The van der Waals surface area contributed by atoms with E-state index in [0.29, 0.717) is 0 Å². The van der Waals surface area contributed by atoms with E-state index in [2.05, 4.69) is 0 Å². The van der Waals surface area contributed by atoms with E-state index in [1.165, 1.54) is 17.1 Å². The largest absolute Gasteiger partial charge is 0.493 e. The number of hydrogen-bond donors (Lipinski definition) is 1. The smallest absolute Gasteiger partial charge is 0.211 e. The zero-order chi connectivity index (χ0) is 24.4. The number of hydrogen-bond acceptors (Lipinski definition) is 4. The number of likely N-dealkylation sites (tertiary alicyclic amines) is 1. The van der Waals surface area contributed by atoms with Crippen molar-refractivity contribution < 1.29 is 28.3 Å². The minimum Gasteiger partial charge on any atom is -0.493 e. The quantitative estimate of drug-likeness (QED) is 0.841. The predicted molar refractivity (Wildman–Crippen MR) is 82.5 cm³/mol. The third kappa shape index (κ3) is 1.28. The zero-order valence-electron chi connectivity index (χ0n) is 22.6. The van der Waals surface area contributed by atoms with Crippen molar-refractivity contribution >= 4 is 0 Å². The topological polar surface area (TPSA) is 41.9 Å². The number of ether oxygens (including phenoxy) is 2. The summed E-state index contributed by atoms with van der Waals surface area (Å²) in [5.41, 5.74) is -1.14. The summed E-state index contributed by atoms with van der Waals surface area (Å²) in [6, 6.07) is -1.91. The Kier molecular flexibility index (Phi) is 1.14. The molecule has 1 fully saturated rings. The SMILES string of the molecule is [2H]OC1C=C[C@@]2([2H])[C@H]3Cc4c([2H])c([2H])c(OC([2H])([2H])[2H])c5c4[C@@]2(CCN3C([2H])([2H])[2H])C1([2H])O5. The molecule has 1 spiro atoms. The van der Waals surface area contributed by atoms with Gasteiger partial charge in [0, 0.05) is 28.4 Å². The van der Waals surface area contributed by atoms with Crippen LogP contribution >= 0.6 is 0 Å². The lowest BCUT2D eigenvalue weighted by atomic mass is 9.53. The zero-order valence-corrected chi connectivity index (χ0v) is 11.6. The maximum absolute atomic E-state index is 9.50. The van der Waals surface area contributed by atoms with Crippen molar-refractivity contribution in [2.45, 2.75) is 36.5 Å². The molecule has 1 saturated heterocycles. The fraction of sp³-hybridized carbons (Fsp3) is 0.556. The number of piperidine rings is 1. The first kappa shape index (κ1) is 6.17. The van der Waals surface area contributed by atoms with Gasteiger partial charge in [0.15, 0.2) is 11.5 Å². The number of benzene rings is 1. The highest BCUT2D eigenvalue weighted by molar-refractivity contribution is 5.62. The summed E-state index contributed by atoms with van der Waals surface area (Å²) in [6.45, 7) is -2.56. The van der Waals surface area contributed by atoms with Gasteiger partial charge in [-0.3, -0.25) is 0 Å². The average Bonchev–Trinajstić information content (AvgIpc) is 2.94. The summed E-state index contributed by atoms with van der Waals surface area (Å²) in [4.78, 5) is 1.20. The molecule has 1 aromatic carbocycles. The van der Waals surface area contributed by atoms with Crippen LogP contribution in [0.1, 0.15) is 31.3 Å². The predicted octanol–water partition coefficient (Wildman–Crippen LogP) is 1.50. The Morgan fingerprint density at radius 3 is 3.45 bits per heavy atom. The van der Waals surface area contributed by atoms with E-state index in [4.69, 9.17) is 27.0 Å². The highest BCUT2D eigenvalue weighted by Gasteiger charge is 2.64. The van der Waals surface area contributed by atoms with Gasteiger partial charge in [-0.1, -0.05) is 18.2 Å². The number of aliphatic hydroxyl groups excluding tert-OH is 1. The lowest BCUT2D eigenvalue weighted by molar-refractivity contribution is -0.0453. The molecule has 2 aliphatic carbocycles. The first-order valence-corrected chi connectivity index (χ1v) is 7.25. The second kappa shape index (κ2) is 4.06. The fourth-order valence-corrected chi connectivity index (χ4v) is 4.42. The molecule has 1 aromatic rings. The Morgan fingerprint density at radius 1 is 1.59 bits per heavy atom. The highest BCUT2D eigenvalue weighted by Crippen LogP contribution is 2.62. The van der Waals surface area contributed by atoms with Gasteiger partial charge in [0.1, 0.15) is 12.2 Å². The molecule has 2 bridgehead atoms. The van der Waals surface area contributed by atoms with Crippen LogP contribution in [0.5, 0.6) is 11.5 Å². The van der Waals surface area contributed by atoms with Crippen LogP contribution < -0.4 is 9.47 Å². The summed E-state index contributed by atoms with van der Waals surface area (Å²) in [5, 5.41) is 4.78. The molecule has 5 atom stereocenters. The monoisotopic (exact) mass is 310 g/mol. The Bertz CT molecular complexity index is 1070. The Hall–Kier alpha value is -1.52. The van der Waals surface area contributed by atoms with E-state index in [1.54, 1.807) is 0 Å². The van der Waals surface area contributed by atoms with Crippen LogP contribution in [0.4, 0.5) is 0 Å². The lowest BCUT2D eigenvalue weighted by Gasteiger charge is -2.56. The molecule has 0 saturated carbocycles. The van der Waals surface area contributed by atoms with Crippen LogP contribution in [-0.4, -0.2) is 50.2 Å². The number of likely N-dealkylation sites (N-methyl/N-ethyl adjacent to an activating group) is 1. The minimum absolute atomic E-state index is 0.0192. The second-order valence-corrected chi connectivity index (χ2v) is 6.13. The molecule has 4 nitrogen and oxygen atoms in total. The standard InChI is InChI=1S/C18H21NO3/c1-19-8-7-18-11-4-5-13(20)17(18)22-16-14(21-2)6-3-10(15(16)18)9-12(11)19/h3-6,11-13,17,20H,7-9H2,1-2H3/t11-,12+,13?,17?,18-/m0/s1/i1D3,2D3,3D,6D,11D,17D,20D. The minimum atomic E-state index is -2.97. The van der Waals surface area contributed by atoms with Crippen LogP contribution in [0.25, 0.3) is 0 Å². The van der Waals surface area contributed by atoms with Gasteiger partial charge >= 0.3 is 0 Å². The maximum Gasteiger partial charge on any atom is 0.211 e. The van der Waals surface area contributed by atoms with Crippen molar-refractivity contribution in [2.24, 2.45) is 5.89 Å². The van der Waals surface area contributed by atoms with Gasteiger partial charge in [-0.25, -0.2) is 0 Å². The third-order valence-electron chi connectivity index (χ3n) is 5.29. The molecular formula is C18H21NO3. The van der Waals surface area contributed by atoms with E-state index >= 15 is 0 Å². The first-order valence-electron chi connectivity index (χ1n) is 12.7. The van der Waals surface area contributed by atoms with E-state index < -0.39 is 55.3 Å². The number of methoxy groups -OCH3 is 1. The molecule has 0 radical (unpaired) electrons. The number of aliphatic hydroxyl groups is 1. The summed E-state index contributed by atoms with van der Waals surface area (Å²) in [5.74, 6) is -2.47. The van der Waals surface area contributed by atoms with Gasteiger partial charge in [0.05, 0.1) is 15.3 Å². The summed E-state index contributed by atoms with van der Waals surface area (Å²) in [7, 11) is -2.97. The van der Waals surface area contributed by atoms with Crippen molar-refractivity contribution in [3.05, 3.63) is 35.4 Å². The molecule has 22 heavy (non-hydrogen) atoms. The number of rotatable bonds is 2. The van der Waals surface area contributed by atoms with Gasteiger partial charge in [-0.15, -0.1) is 0 Å². The molecule has 0 aromatic heterocycles. The molecule has 2 aliphatic heterocycles. The molecule has 5 rings (SSSR count). The Labute approximate surface area is 145 Å². The number of nitrogens with zero attached hydrogens (tertiary/aromatic N) is 1. The van der Waals surface area contributed by atoms with Crippen molar-refractivity contribution in [3.63, 3.8) is 0 Å². The normalized spacial score (nSPS) is 56.1. The summed E-state index contributed by atoms with van der Waals surface area (Å²) >= 11 is 0.